The minimum atomic E-state index is -0.304. The summed E-state index contributed by atoms with van der Waals surface area (Å²) in [6, 6.07) is 10.6. The Morgan fingerprint density at radius 2 is 1.82 bits per heavy atom. The highest BCUT2D eigenvalue weighted by molar-refractivity contribution is 5.94. The number of morpholine rings is 1. The van der Waals surface area contributed by atoms with Gasteiger partial charge >= 0.3 is 0 Å². The first-order valence-corrected chi connectivity index (χ1v) is 9.17. The maximum absolute atomic E-state index is 14.2. The molecule has 28 heavy (non-hydrogen) atoms. The van der Waals surface area contributed by atoms with Crippen molar-refractivity contribution in [2.24, 2.45) is 0 Å². The van der Waals surface area contributed by atoms with Gasteiger partial charge in [-0.2, -0.15) is 0 Å². The first-order chi connectivity index (χ1) is 13.8. The lowest BCUT2D eigenvalue weighted by atomic mass is 10.1. The number of aromatic nitrogens is 4. The Balaban J connectivity index is 1.71. The smallest absolute Gasteiger partial charge is 0.162 e. The van der Waals surface area contributed by atoms with Crippen molar-refractivity contribution >= 4 is 16.7 Å². The third kappa shape index (κ3) is 3.10. The fraction of sp³-hybridized carbons (Fsp3) is 0.190. The number of fused-ring (bicyclic) bond motifs is 1. The summed E-state index contributed by atoms with van der Waals surface area (Å²) in [4.78, 5) is 18.9. The molecule has 0 atom stereocenters. The Bertz CT molecular complexity index is 1120. The van der Waals surface area contributed by atoms with Crippen molar-refractivity contribution in [2.75, 3.05) is 31.2 Å². The van der Waals surface area contributed by atoms with E-state index in [0.717, 1.165) is 40.9 Å². The van der Waals surface area contributed by atoms with E-state index < -0.39 is 0 Å². The monoisotopic (exact) mass is 375 g/mol. The van der Waals surface area contributed by atoms with Crippen LogP contribution in [0, 0.1) is 5.82 Å². The van der Waals surface area contributed by atoms with E-state index in [1.807, 2.05) is 30.5 Å². The van der Waals surface area contributed by atoms with Crippen molar-refractivity contribution in [2.45, 2.75) is 0 Å². The molecule has 1 aromatic carbocycles. The molecule has 4 heterocycles. The van der Waals surface area contributed by atoms with E-state index in [0.29, 0.717) is 24.7 Å². The van der Waals surface area contributed by atoms with Crippen LogP contribution in [-0.4, -0.2) is 46.2 Å². The normalized spacial score (nSPS) is 14.5. The van der Waals surface area contributed by atoms with E-state index in [1.165, 1.54) is 12.1 Å². The highest BCUT2D eigenvalue weighted by atomic mass is 19.1. The van der Waals surface area contributed by atoms with Gasteiger partial charge in [-0.15, -0.1) is 0 Å². The van der Waals surface area contributed by atoms with Crippen LogP contribution in [0.5, 0.6) is 0 Å². The van der Waals surface area contributed by atoms with Crippen molar-refractivity contribution in [1.82, 2.24) is 19.9 Å². The second kappa shape index (κ2) is 7.01. The van der Waals surface area contributed by atoms with E-state index in [1.54, 1.807) is 12.4 Å². The van der Waals surface area contributed by atoms with Crippen molar-refractivity contribution in [1.29, 1.82) is 0 Å². The molecule has 3 aromatic heterocycles. The molecule has 0 amide bonds. The fourth-order valence-electron chi connectivity index (χ4n) is 3.50. The summed E-state index contributed by atoms with van der Waals surface area (Å²) in [5.74, 6) is 1.10. The van der Waals surface area contributed by atoms with Gasteiger partial charge in [0.05, 0.1) is 18.9 Å². The van der Waals surface area contributed by atoms with Crippen molar-refractivity contribution < 1.29 is 9.13 Å². The van der Waals surface area contributed by atoms with Crippen LogP contribution in [0.3, 0.4) is 0 Å². The fourth-order valence-corrected chi connectivity index (χ4v) is 3.50. The number of nitrogens with zero attached hydrogens (tertiary/aromatic N) is 4. The maximum atomic E-state index is 14.2. The molecular weight excluding hydrogens is 357 g/mol. The second-order valence-electron chi connectivity index (χ2n) is 6.66. The van der Waals surface area contributed by atoms with E-state index in [-0.39, 0.29) is 5.82 Å². The molecule has 1 aliphatic rings. The van der Waals surface area contributed by atoms with Crippen LogP contribution in [0.1, 0.15) is 0 Å². The van der Waals surface area contributed by atoms with Gasteiger partial charge in [0, 0.05) is 59.8 Å². The zero-order valence-electron chi connectivity index (χ0n) is 15.1. The summed E-state index contributed by atoms with van der Waals surface area (Å²) in [6.07, 6.45) is 5.24. The van der Waals surface area contributed by atoms with Crippen LogP contribution in [0.25, 0.3) is 33.5 Å². The first-order valence-electron chi connectivity index (χ1n) is 9.17. The molecule has 0 bridgehead atoms. The molecule has 140 valence electrons. The molecule has 0 aliphatic carbocycles. The standard InChI is InChI=1S/C21H18FN5O/c22-15-11-17(16-3-6-24-18(16)12-15)19-13-20(27-7-9-28-10-8-27)26-21(25-19)14-1-4-23-5-2-14/h1-6,11-13,24H,7-10H2. The van der Waals surface area contributed by atoms with Gasteiger partial charge in [-0.1, -0.05) is 0 Å². The second-order valence-corrected chi connectivity index (χ2v) is 6.66. The largest absolute Gasteiger partial charge is 0.378 e. The number of benzene rings is 1. The summed E-state index contributed by atoms with van der Waals surface area (Å²) in [5, 5.41) is 0.925. The summed E-state index contributed by atoms with van der Waals surface area (Å²) < 4.78 is 19.7. The lowest BCUT2D eigenvalue weighted by Gasteiger charge is -2.28. The lowest BCUT2D eigenvalue weighted by molar-refractivity contribution is 0.122. The molecule has 5 rings (SSSR count). The molecule has 0 radical (unpaired) electrons. The number of hydrogen-bond donors (Lipinski definition) is 1. The Hall–Kier alpha value is -3.32. The molecule has 1 saturated heterocycles. The number of hydrogen-bond acceptors (Lipinski definition) is 5. The number of nitrogens with one attached hydrogen (secondary N) is 1. The van der Waals surface area contributed by atoms with Crippen LogP contribution in [0.2, 0.25) is 0 Å². The topological polar surface area (TPSA) is 66.9 Å². The number of ether oxygens (including phenoxy) is 1. The average Bonchev–Trinajstić information content (AvgIpc) is 3.22. The molecule has 4 aromatic rings. The molecule has 0 saturated carbocycles. The van der Waals surface area contributed by atoms with Crippen molar-refractivity contribution in [3.05, 3.63) is 60.8 Å². The number of anilines is 1. The maximum Gasteiger partial charge on any atom is 0.162 e. The number of halogens is 1. The number of H-pyrrole nitrogens is 1. The van der Waals surface area contributed by atoms with Gasteiger partial charge < -0.3 is 14.6 Å². The zero-order valence-corrected chi connectivity index (χ0v) is 15.1. The van der Waals surface area contributed by atoms with Crippen LogP contribution >= 0.6 is 0 Å². The van der Waals surface area contributed by atoms with Gasteiger partial charge in [-0.3, -0.25) is 4.98 Å². The van der Waals surface area contributed by atoms with Crippen LogP contribution in [-0.2, 0) is 4.74 Å². The van der Waals surface area contributed by atoms with E-state index in [4.69, 9.17) is 14.7 Å². The summed E-state index contributed by atoms with van der Waals surface area (Å²) in [6.45, 7) is 2.84. The number of rotatable bonds is 3. The summed E-state index contributed by atoms with van der Waals surface area (Å²) in [5.41, 5.74) is 3.04. The lowest BCUT2D eigenvalue weighted by Crippen LogP contribution is -2.36. The minimum absolute atomic E-state index is 0.304. The molecule has 1 fully saturated rings. The van der Waals surface area contributed by atoms with Gasteiger partial charge in [0.25, 0.3) is 0 Å². The SMILES string of the molecule is Fc1cc(-c2cc(N3CCOCC3)nc(-c3ccncc3)n2)c2cc[nH]c2c1. The van der Waals surface area contributed by atoms with Gasteiger partial charge in [0.2, 0.25) is 0 Å². The van der Waals surface area contributed by atoms with Crippen LogP contribution in [0.15, 0.2) is 55.0 Å². The molecule has 1 aliphatic heterocycles. The predicted octanol–water partition coefficient (Wildman–Crippen LogP) is 3.66. The van der Waals surface area contributed by atoms with Crippen molar-refractivity contribution in [3.63, 3.8) is 0 Å². The van der Waals surface area contributed by atoms with E-state index >= 15 is 0 Å². The molecule has 0 unspecified atom stereocenters. The molecule has 7 heteroatoms. The quantitative estimate of drug-likeness (QED) is 0.592. The van der Waals surface area contributed by atoms with Crippen LogP contribution in [0.4, 0.5) is 10.2 Å². The molecule has 0 spiro atoms. The molecular formula is C21H18FN5O. The molecule has 6 nitrogen and oxygen atoms in total. The summed E-state index contributed by atoms with van der Waals surface area (Å²) >= 11 is 0. The Morgan fingerprint density at radius 1 is 1.00 bits per heavy atom. The third-order valence-electron chi connectivity index (χ3n) is 4.90. The summed E-state index contributed by atoms with van der Waals surface area (Å²) in [7, 11) is 0. The van der Waals surface area contributed by atoms with Gasteiger partial charge in [-0.05, 0) is 30.3 Å². The van der Waals surface area contributed by atoms with Crippen molar-refractivity contribution in [3.8, 4) is 22.6 Å². The first kappa shape index (κ1) is 16.8. The highest BCUT2D eigenvalue weighted by Gasteiger charge is 2.18. The van der Waals surface area contributed by atoms with Gasteiger partial charge in [0.1, 0.15) is 11.6 Å². The van der Waals surface area contributed by atoms with Gasteiger partial charge in [0.15, 0.2) is 5.82 Å². The Labute approximate surface area is 161 Å². The minimum Gasteiger partial charge on any atom is -0.378 e. The van der Waals surface area contributed by atoms with Gasteiger partial charge in [-0.25, -0.2) is 14.4 Å². The highest BCUT2D eigenvalue weighted by Crippen LogP contribution is 2.32. The number of pyridine rings is 1. The number of aromatic amines is 1. The van der Waals surface area contributed by atoms with E-state index in [9.17, 15) is 4.39 Å². The zero-order chi connectivity index (χ0) is 18.9. The third-order valence-corrected chi connectivity index (χ3v) is 4.90. The average molecular weight is 375 g/mol. The van der Waals surface area contributed by atoms with E-state index in [2.05, 4.69) is 14.9 Å². The Kier molecular flexibility index (Phi) is 4.21. The molecule has 1 N–H and O–H groups in total. The van der Waals surface area contributed by atoms with Crippen LogP contribution < -0.4 is 4.90 Å². The predicted molar refractivity (Wildman–Crippen MR) is 106 cm³/mol. The Morgan fingerprint density at radius 3 is 2.64 bits per heavy atom.